The van der Waals surface area contributed by atoms with Gasteiger partial charge in [0.15, 0.2) is 0 Å². The molecule has 1 aromatic carbocycles. The van der Waals surface area contributed by atoms with E-state index in [1.165, 1.54) is 29.0 Å². The van der Waals surface area contributed by atoms with Crippen LogP contribution < -0.4 is 0 Å². The van der Waals surface area contributed by atoms with Crippen LogP contribution in [-0.4, -0.2) is 4.98 Å². The van der Waals surface area contributed by atoms with E-state index in [2.05, 4.69) is 17.1 Å². The summed E-state index contributed by atoms with van der Waals surface area (Å²) in [6, 6.07) is 12.3. The maximum atomic E-state index is 6.03. The van der Waals surface area contributed by atoms with E-state index in [-0.39, 0.29) is 0 Å². The Balaban J connectivity index is 1.86. The van der Waals surface area contributed by atoms with Crippen LogP contribution in [0.3, 0.4) is 0 Å². The number of aryl methyl sites for hydroxylation is 1. The van der Waals surface area contributed by atoms with Crippen LogP contribution >= 0.6 is 23.4 Å². The molecule has 3 rings (SSSR count). The van der Waals surface area contributed by atoms with E-state index in [0.29, 0.717) is 5.25 Å². The van der Waals surface area contributed by atoms with Crippen molar-refractivity contribution in [1.29, 1.82) is 0 Å². The molecule has 2 aromatic rings. The Morgan fingerprint density at radius 3 is 3.06 bits per heavy atom. The number of thioether (sulfide) groups is 1. The molecule has 1 heterocycles. The zero-order chi connectivity index (χ0) is 12.4. The van der Waals surface area contributed by atoms with Crippen LogP contribution in [0.4, 0.5) is 0 Å². The van der Waals surface area contributed by atoms with Gasteiger partial charge in [-0.2, -0.15) is 0 Å². The molecule has 1 nitrogen and oxygen atoms in total. The van der Waals surface area contributed by atoms with Crippen molar-refractivity contribution in [3.05, 3.63) is 58.9 Å². The van der Waals surface area contributed by atoms with Crippen LogP contribution in [0.1, 0.15) is 29.3 Å². The van der Waals surface area contributed by atoms with Crippen LogP contribution in [0, 0.1) is 0 Å². The first-order chi connectivity index (χ1) is 8.83. The molecule has 92 valence electrons. The van der Waals surface area contributed by atoms with Crippen LogP contribution in [0.15, 0.2) is 47.5 Å². The van der Waals surface area contributed by atoms with E-state index in [9.17, 15) is 0 Å². The van der Waals surface area contributed by atoms with Gasteiger partial charge in [-0.1, -0.05) is 23.7 Å². The number of pyridine rings is 1. The molecule has 0 N–H and O–H groups in total. The van der Waals surface area contributed by atoms with E-state index in [4.69, 9.17) is 11.6 Å². The van der Waals surface area contributed by atoms with Gasteiger partial charge in [-0.15, -0.1) is 11.8 Å². The smallest absolute Gasteiger partial charge is 0.0569 e. The van der Waals surface area contributed by atoms with Crippen molar-refractivity contribution in [2.24, 2.45) is 0 Å². The molecule has 1 aliphatic rings. The van der Waals surface area contributed by atoms with Crippen LogP contribution in [-0.2, 0) is 6.42 Å². The summed E-state index contributed by atoms with van der Waals surface area (Å²) in [6.45, 7) is 0. The van der Waals surface area contributed by atoms with Gasteiger partial charge in [0.1, 0.15) is 0 Å². The number of fused-ring (bicyclic) bond motifs is 1. The second-order valence-electron chi connectivity index (χ2n) is 4.50. The molecule has 0 amide bonds. The minimum Gasteiger partial charge on any atom is -0.260 e. The van der Waals surface area contributed by atoms with Gasteiger partial charge in [0.25, 0.3) is 0 Å². The molecule has 0 radical (unpaired) electrons. The monoisotopic (exact) mass is 275 g/mol. The lowest BCUT2D eigenvalue weighted by molar-refractivity contribution is 0.656. The lowest BCUT2D eigenvalue weighted by atomic mass is 9.96. The van der Waals surface area contributed by atoms with Gasteiger partial charge >= 0.3 is 0 Å². The SMILES string of the molecule is Clc1cccc(SC2CCCc3cccnc32)c1. The summed E-state index contributed by atoms with van der Waals surface area (Å²) in [5.41, 5.74) is 2.66. The first-order valence-electron chi connectivity index (χ1n) is 6.19. The maximum absolute atomic E-state index is 6.03. The summed E-state index contributed by atoms with van der Waals surface area (Å²) in [4.78, 5) is 5.79. The highest BCUT2D eigenvalue weighted by Gasteiger charge is 2.22. The van der Waals surface area contributed by atoms with Gasteiger partial charge in [-0.25, -0.2) is 0 Å². The van der Waals surface area contributed by atoms with Gasteiger partial charge in [0.05, 0.1) is 10.9 Å². The Morgan fingerprint density at radius 2 is 2.17 bits per heavy atom. The van der Waals surface area contributed by atoms with Gasteiger partial charge in [-0.3, -0.25) is 4.98 Å². The van der Waals surface area contributed by atoms with Crippen LogP contribution in [0.2, 0.25) is 5.02 Å². The molecule has 1 atom stereocenters. The van der Waals surface area contributed by atoms with Crippen LogP contribution in [0.25, 0.3) is 0 Å². The zero-order valence-corrected chi connectivity index (χ0v) is 11.5. The fourth-order valence-corrected chi connectivity index (χ4v) is 3.93. The van der Waals surface area contributed by atoms with Crippen LogP contribution in [0.5, 0.6) is 0 Å². The van der Waals surface area contributed by atoms with Crippen molar-refractivity contribution in [1.82, 2.24) is 4.98 Å². The number of nitrogens with zero attached hydrogens (tertiary/aromatic N) is 1. The van der Waals surface area contributed by atoms with Gasteiger partial charge in [0.2, 0.25) is 0 Å². The molecular formula is C15H14ClNS. The number of rotatable bonds is 2. The summed E-state index contributed by atoms with van der Waals surface area (Å²) in [6.07, 6.45) is 5.50. The quantitative estimate of drug-likeness (QED) is 0.773. The predicted molar refractivity (Wildman–Crippen MR) is 77.2 cm³/mol. The van der Waals surface area contributed by atoms with Crippen molar-refractivity contribution in [2.75, 3.05) is 0 Å². The average Bonchev–Trinajstić information content (AvgIpc) is 2.39. The molecule has 18 heavy (non-hydrogen) atoms. The topological polar surface area (TPSA) is 12.9 Å². The average molecular weight is 276 g/mol. The molecule has 0 saturated heterocycles. The van der Waals surface area contributed by atoms with Crippen molar-refractivity contribution >= 4 is 23.4 Å². The van der Waals surface area contributed by atoms with E-state index in [0.717, 1.165) is 11.4 Å². The Bertz CT molecular complexity index is 556. The summed E-state index contributed by atoms with van der Waals surface area (Å²) in [5.74, 6) is 0. The Kier molecular flexibility index (Phi) is 3.57. The maximum Gasteiger partial charge on any atom is 0.0569 e. The third-order valence-electron chi connectivity index (χ3n) is 3.22. The second kappa shape index (κ2) is 5.33. The highest BCUT2D eigenvalue weighted by molar-refractivity contribution is 7.99. The van der Waals surface area contributed by atoms with Gasteiger partial charge in [0, 0.05) is 16.1 Å². The normalized spacial score (nSPS) is 18.4. The van der Waals surface area contributed by atoms with E-state index < -0.39 is 0 Å². The third kappa shape index (κ3) is 2.55. The number of aromatic nitrogens is 1. The lowest BCUT2D eigenvalue weighted by Gasteiger charge is -2.23. The third-order valence-corrected chi connectivity index (χ3v) is 4.72. The number of benzene rings is 1. The molecule has 1 aromatic heterocycles. The molecule has 1 aliphatic carbocycles. The summed E-state index contributed by atoms with van der Waals surface area (Å²) >= 11 is 7.91. The van der Waals surface area contributed by atoms with Crippen molar-refractivity contribution in [2.45, 2.75) is 29.4 Å². The first kappa shape index (κ1) is 12.1. The molecular weight excluding hydrogens is 262 g/mol. The number of halogens is 1. The molecule has 0 saturated carbocycles. The zero-order valence-electron chi connectivity index (χ0n) is 9.97. The van der Waals surface area contributed by atoms with Gasteiger partial charge in [-0.05, 0) is 49.1 Å². The molecule has 3 heteroatoms. The minimum absolute atomic E-state index is 0.466. The van der Waals surface area contributed by atoms with E-state index in [1.54, 1.807) is 0 Å². The number of hydrogen-bond acceptors (Lipinski definition) is 2. The van der Waals surface area contributed by atoms with E-state index >= 15 is 0 Å². The fourth-order valence-electron chi connectivity index (χ4n) is 2.39. The van der Waals surface area contributed by atoms with Crippen molar-refractivity contribution in [3.63, 3.8) is 0 Å². The fraction of sp³-hybridized carbons (Fsp3) is 0.267. The Morgan fingerprint density at radius 1 is 1.22 bits per heavy atom. The predicted octanol–water partition coefficient (Wildman–Crippen LogP) is 4.90. The Labute approximate surface area is 117 Å². The largest absolute Gasteiger partial charge is 0.260 e. The minimum atomic E-state index is 0.466. The number of hydrogen-bond donors (Lipinski definition) is 0. The lowest BCUT2D eigenvalue weighted by Crippen LogP contribution is -2.08. The van der Waals surface area contributed by atoms with E-state index in [1.807, 2.05) is 42.2 Å². The van der Waals surface area contributed by atoms with Gasteiger partial charge < -0.3 is 0 Å². The Hall–Kier alpha value is -0.990. The first-order valence-corrected chi connectivity index (χ1v) is 7.45. The van der Waals surface area contributed by atoms with Crippen molar-refractivity contribution in [3.8, 4) is 0 Å². The second-order valence-corrected chi connectivity index (χ2v) is 6.22. The van der Waals surface area contributed by atoms with Crippen molar-refractivity contribution < 1.29 is 0 Å². The molecule has 0 spiro atoms. The molecule has 0 bridgehead atoms. The molecule has 0 aliphatic heterocycles. The highest BCUT2D eigenvalue weighted by atomic mass is 35.5. The molecule has 0 fully saturated rings. The standard InChI is InChI=1S/C15H14ClNS/c16-12-6-2-7-13(10-12)18-14-8-1-4-11-5-3-9-17-15(11)14/h2-3,5-7,9-10,14H,1,4,8H2. The highest BCUT2D eigenvalue weighted by Crippen LogP contribution is 2.42. The summed E-state index contributed by atoms with van der Waals surface area (Å²) < 4.78 is 0. The summed E-state index contributed by atoms with van der Waals surface area (Å²) in [7, 11) is 0. The molecule has 1 unspecified atom stereocenters. The summed E-state index contributed by atoms with van der Waals surface area (Å²) in [5, 5.41) is 1.27.